The summed E-state index contributed by atoms with van der Waals surface area (Å²) in [5.41, 5.74) is 10.5. The fourth-order valence-electron chi connectivity index (χ4n) is 4.71. The summed E-state index contributed by atoms with van der Waals surface area (Å²) in [4.78, 5) is 13.5. The second kappa shape index (κ2) is 11.4. The zero-order chi connectivity index (χ0) is 27.6. The molecule has 4 N–H and O–H groups in total. The molecule has 204 valence electrons. The lowest BCUT2D eigenvalue weighted by molar-refractivity contribution is 0.249. The van der Waals surface area contributed by atoms with Crippen LogP contribution in [0.4, 0.5) is 34.5 Å². The quantitative estimate of drug-likeness (QED) is 0.251. The highest BCUT2D eigenvalue weighted by Crippen LogP contribution is 2.40. The third-order valence-electron chi connectivity index (χ3n) is 6.86. The molecule has 38 heavy (non-hydrogen) atoms. The predicted octanol–water partition coefficient (Wildman–Crippen LogP) is 5.29. The summed E-state index contributed by atoms with van der Waals surface area (Å²) in [5, 5.41) is 7.54. The molecule has 0 spiro atoms. The van der Waals surface area contributed by atoms with Crippen molar-refractivity contribution in [2.24, 2.45) is 0 Å². The Bertz CT molecular complexity index is 1350. The molecular formula is C27H37ClN7O2P. The monoisotopic (exact) mass is 557 g/mol. The van der Waals surface area contributed by atoms with Crippen molar-refractivity contribution < 1.29 is 9.30 Å². The molecule has 1 aliphatic rings. The fourth-order valence-corrected chi connectivity index (χ4v) is 6.07. The van der Waals surface area contributed by atoms with Crippen LogP contribution in [0.5, 0.6) is 5.75 Å². The Labute approximate surface area is 230 Å². The minimum absolute atomic E-state index is 0.319. The molecule has 0 amide bonds. The highest BCUT2D eigenvalue weighted by Gasteiger charge is 2.23. The number of piperidine rings is 1. The van der Waals surface area contributed by atoms with Crippen LogP contribution >= 0.6 is 18.7 Å². The molecule has 2 heterocycles. The third-order valence-corrected chi connectivity index (χ3v) is 8.67. The number of nitrogens with two attached hydrogens (primary N) is 1. The van der Waals surface area contributed by atoms with E-state index in [9.17, 15) is 4.57 Å². The summed E-state index contributed by atoms with van der Waals surface area (Å²) < 4.78 is 18.6. The standard InChI is InChI=1S/C27H37ClN7O2P/c1-17-7-8-21(25(13-17)38(5,6)36)31-26-19(28)16-30-27(33-26)32-22-14-20(29)23(15-24(22)37-4)35-11-9-18(10-12-35)34(2)3/h7-8,13-16,18H,9-12,29H2,1-6H3,(H2,30,31,32,33). The van der Waals surface area contributed by atoms with E-state index in [1.54, 1.807) is 20.4 Å². The Kier molecular flexibility index (Phi) is 8.40. The van der Waals surface area contributed by atoms with Crippen molar-refractivity contribution in [1.29, 1.82) is 0 Å². The number of ether oxygens (including phenoxy) is 1. The van der Waals surface area contributed by atoms with Gasteiger partial charge in [0.2, 0.25) is 5.95 Å². The minimum atomic E-state index is -2.54. The molecule has 0 radical (unpaired) electrons. The van der Waals surface area contributed by atoms with Gasteiger partial charge in [-0.05, 0) is 65.4 Å². The first-order valence-electron chi connectivity index (χ1n) is 12.6. The molecule has 0 atom stereocenters. The van der Waals surface area contributed by atoms with Crippen molar-refractivity contribution in [1.82, 2.24) is 14.9 Å². The average molecular weight is 558 g/mol. The van der Waals surface area contributed by atoms with Crippen LogP contribution in [0.1, 0.15) is 18.4 Å². The molecule has 3 aromatic rings. The van der Waals surface area contributed by atoms with Gasteiger partial charge in [-0.25, -0.2) is 4.98 Å². The first-order valence-corrected chi connectivity index (χ1v) is 15.6. The Balaban J connectivity index is 1.58. The van der Waals surface area contributed by atoms with Crippen LogP contribution in [0.25, 0.3) is 0 Å². The lowest BCUT2D eigenvalue weighted by Gasteiger charge is -2.37. The maximum absolute atomic E-state index is 12.9. The normalized spacial score (nSPS) is 14.6. The van der Waals surface area contributed by atoms with Gasteiger partial charge in [0.15, 0.2) is 5.82 Å². The fraction of sp³-hybridized carbons (Fsp3) is 0.407. The van der Waals surface area contributed by atoms with Gasteiger partial charge in [0.1, 0.15) is 17.9 Å². The Morgan fingerprint density at radius 1 is 1.13 bits per heavy atom. The van der Waals surface area contributed by atoms with Gasteiger partial charge in [0.05, 0.1) is 36.1 Å². The van der Waals surface area contributed by atoms with Crippen molar-refractivity contribution >= 4 is 58.6 Å². The van der Waals surface area contributed by atoms with Crippen molar-refractivity contribution in [3.05, 3.63) is 47.1 Å². The van der Waals surface area contributed by atoms with E-state index in [0.29, 0.717) is 45.6 Å². The van der Waals surface area contributed by atoms with Gasteiger partial charge in [0.25, 0.3) is 0 Å². The summed E-state index contributed by atoms with van der Waals surface area (Å²) in [5.74, 6) is 1.35. The maximum Gasteiger partial charge on any atom is 0.229 e. The van der Waals surface area contributed by atoms with E-state index in [0.717, 1.165) is 42.5 Å². The average Bonchev–Trinajstić information content (AvgIpc) is 2.86. The molecule has 1 aliphatic heterocycles. The van der Waals surface area contributed by atoms with E-state index >= 15 is 0 Å². The first kappa shape index (κ1) is 28.0. The molecule has 9 nitrogen and oxygen atoms in total. The molecule has 1 fully saturated rings. The van der Waals surface area contributed by atoms with E-state index in [1.807, 2.05) is 37.3 Å². The molecular weight excluding hydrogens is 521 g/mol. The molecule has 0 unspecified atom stereocenters. The number of benzene rings is 2. The van der Waals surface area contributed by atoms with Gasteiger partial charge in [0, 0.05) is 30.5 Å². The number of nitrogens with one attached hydrogen (secondary N) is 2. The van der Waals surface area contributed by atoms with Crippen LogP contribution < -0.4 is 31.3 Å². The highest BCUT2D eigenvalue weighted by atomic mass is 35.5. The lowest BCUT2D eigenvalue weighted by atomic mass is 10.0. The van der Waals surface area contributed by atoms with Gasteiger partial charge in [-0.2, -0.15) is 4.98 Å². The number of halogens is 1. The summed E-state index contributed by atoms with van der Waals surface area (Å²) in [6.07, 6.45) is 3.68. The smallest absolute Gasteiger partial charge is 0.229 e. The van der Waals surface area contributed by atoms with E-state index < -0.39 is 7.14 Å². The number of hydrogen-bond acceptors (Lipinski definition) is 9. The van der Waals surface area contributed by atoms with Crippen LogP contribution in [-0.2, 0) is 4.57 Å². The predicted molar refractivity (Wildman–Crippen MR) is 160 cm³/mol. The summed E-state index contributed by atoms with van der Waals surface area (Å²) >= 11 is 6.43. The maximum atomic E-state index is 12.9. The van der Waals surface area contributed by atoms with Gasteiger partial charge >= 0.3 is 0 Å². The number of aromatic nitrogens is 2. The molecule has 11 heteroatoms. The number of anilines is 6. The minimum Gasteiger partial charge on any atom is -0.494 e. The van der Waals surface area contributed by atoms with Crippen molar-refractivity contribution in [3.63, 3.8) is 0 Å². The molecule has 0 aliphatic carbocycles. The number of aryl methyl sites for hydroxylation is 1. The van der Waals surface area contributed by atoms with Crippen molar-refractivity contribution in [2.75, 3.05) is 68.9 Å². The van der Waals surface area contributed by atoms with Gasteiger partial charge in [-0.3, -0.25) is 0 Å². The molecule has 4 rings (SSSR count). The Morgan fingerprint density at radius 3 is 2.47 bits per heavy atom. The number of rotatable bonds is 8. The van der Waals surface area contributed by atoms with E-state index in [-0.39, 0.29) is 0 Å². The van der Waals surface area contributed by atoms with Crippen LogP contribution in [0.15, 0.2) is 36.5 Å². The van der Waals surface area contributed by atoms with Crippen LogP contribution in [0.3, 0.4) is 0 Å². The number of methoxy groups -OCH3 is 1. The number of nitrogen functional groups attached to an aromatic ring is 1. The van der Waals surface area contributed by atoms with E-state index in [1.165, 1.54) is 6.20 Å². The first-order chi connectivity index (χ1) is 18.0. The second-order valence-electron chi connectivity index (χ2n) is 10.3. The Hall–Kier alpha value is -3.00. The highest BCUT2D eigenvalue weighted by molar-refractivity contribution is 7.70. The zero-order valence-electron chi connectivity index (χ0n) is 22.9. The lowest BCUT2D eigenvalue weighted by Crippen LogP contribution is -2.42. The third kappa shape index (κ3) is 6.34. The SMILES string of the molecule is COc1cc(N2CCC(N(C)C)CC2)c(N)cc1Nc1ncc(Cl)c(Nc2ccc(C)cc2P(C)(C)=O)n1. The number of hydrogen-bond donors (Lipinski definition) is 3. The largest absolute Gasteiger partial charge is 0.494 e. The molecule has 0 saturated carbocycles. The van der Waals surface area contributed by atoms with Crippen molar-refractivity contribution in [2.45, 2.75) is 25.8 Å². The molecule has 1 saturated heterocycles. The van der Waals surface area contributed by atoms with Gasteiger partial charge in [-0.15, -0.1) is 0 Å². The van der Waals surface area contributed by atoms with Crippen LogP contribution in [-0.4, -0.2) is 68.5 Å². The Morgan fingerprint density at radius 2 is 1.84 bits per heavy atom. The molecule has 1 aromatic heterocycles. The second-order valence-corrected chi connectivity index (χ2v) is 13.9. The van der Waals surface area contributed by atoms with Crippen LogP contribution in [0, 0.1) is 6.92 Å². The van der Waals surface area contributed by atoms with E-state index in [2.05, 4.69) is 44.5 Å². The summed E-state index contributed by atoms with van der Waals surface area (Å²) in [6, 6.07) is 10.2. The van der Waals surface area contributed by atoms with Crippen molar-refractivity contribution in [3.8, 4) is 5.75 Å². The molecule has 2 aromatic carbocycles. The van der Waals surface area contributed by atoms with E-state index in [4.69, 9.17) is 22.1 Å². The number of nitrogens with zero attached hydrogens (tertiary/aromatic N) is 4. The van der Waals surface area contributed by atoms with Crippen LogP contribution in [0.2, 0.25) is 5.02 Å². The topological polar surface area (TPSA) is 109 Å². The van der Waals surface area contributed by atoms with Gasteiger partial charge < -0.3 is 35.5 Å². The van der Waals surface area contributed by atoms with Gasteiger partial charge in [-0.1, -0.05) is 23.2 Å². The molecule has 0 bridgehead atoms. The summed E-state index contributed by atoms with van der Waals surface area (Å²) in [6.45, 7) is 7.32. The zero-order valence-corrected chi connectivity index (χ0v) is 24.5. The summed E-state index contributed by atoms with van der Waals surface area (Å²) in [7, 11) is 3.34.